The second-order valence-corrected chi connectivity index (χ2v) is 8.10. The summed E-state index contributed by atoms with van der Waals surface area (Å²) < 4.78 is 5.56. The lowest BCUT2D eigenvalue weighted by Crippen LogP contribution is -2.44. The number of rotatable bonds is 1. The first-order valence-corrected chi connectivity index (χ1v) is 8.27. The van der Waals surface area contributed by atoms with Crippen LogP contribution in [-0.4, -0.2) is 39.7 Å². The van der Waals surface area contributed by atoms with E-state index in [0.717, 1.165) is 22.2 Å². The Morgan fingerprint density at radius 1 is 1.38 bits per heavy atom. The molecule has 1 aliphatic rings. The van der Waals surface area contributed by atoms with Crippen molar-refractivity contribution in [2.24, 2.45) is 5.41 Å². The summed E-state index contributed by atoms with van der Waals surface area (Å²) in [7, 11) is 0. The minimum absolute atomic E-state index is 0.115. The average molecular weight is 327 g/mol. The second kappa shape index (κ2) is 5.65. The summed E-state index contributed by atoms with van der Waals surface area (Å²) in [5.41, 5.74) is 2.47. The fraction of sp³-hybridized carbons (Fsp3) is 0.474. The number of nitrogens with zero attached hydrogens (tertiary/aromatic N) is 2. The van der Waals surface area contributed by atoms with Crippen molar-refractivity contribution >= 4 is 22.7 Å². The van der Waals surface area contributed by atoms with Crippen LogP contribution >= 0.6 is 0 Å². The minimum atomic E-state index is -0.493. The van der Waals surface area contributed by atoms with Gasteiger partial charge in [-0.1, -0.05) is 19.9 Å². The van der Waals surface area contributed by atoms with Gasteiger partial charge in [-0.05, 0) is 38.5 Å². The lowest BCUT2D eigenvalue weighted by atomic mass is 9.85. The molecule has 1 aliphatic heterocycles. The molecule has 128 valence electrons. The van der Waals surface area contributed by atoms with E-state index in [1.54, 1.807) is 11.1 Å². The van der Waals surface area contributed by atoms with Crippen molar-refractivity contribution < 1.29 is 9.53 Å². The maximum Gasteiger partial charge on any atom is 0.410 e. The molecule has 3 rings (SSSR count). The lowest BCUT2D eigenvalue weighted by Gasteiger charge is -2.37. The number of nitrogens with one attached hydrogen (secondary N) is 1. The van der Waals surface area contributed by atoms with Crippen LogP contribution in [0.3, 0.4) is 0 Å². The number of carbonyl (C=O) groups is 1. The number of hydrogen-bond donors (Lipinski definition) is 1. The Hall–Kier alpha value is -2.30. The first-order valence-electron chi connectivity index (χ1n) is 8.27. The zero-order valence-corrected chi connectivity index (χ0v) is 15.0. The topological polar surface area (TPSA) is 58.2 Å². The molecule has 2 aromatic rings. The Labute approximate surface area is 142 Å². The van der Waals surface area contributed by atoms with Gasteiger partial charge in [-0.15, -0.1) is 0 Å². The highest BCUT2D eigenvalue weighted by Crippen LogP contribution is 2.34. The number of fused-ring (bicyclic) bond motifs is 1. The van der Waals surface area contributed by atoms with Gasteiger partial charge >= 0.3 is 6.09 Å². The van der Waals surface area contributed by atoms with Gasteiger partial charge < -0.3 is 14.6 Å². The quantitative estimate of drug-likeness (QED) is 0.853. The molecule has 0 saturated heterocycles. The zero-order chi connectivity index (χ0) is 17.5. The van der Waals surface area contributed by atoms with Crippen LogP contribution in [0.25, 0.3) is 16.6 Å². The molecule has 3 heterocycles. The van der Waals surface area contributed by atoms with E-state index in [4.69, 9.17) is 4.74 Å². The van der Waals surface area contributed by atoms with Crippen LogP contribution in [0.1, 0.15) is 40.2 Å². The minimum Gasteiger partial charge on any atom is -0.444 e. The van der Waals surface area contributed by atoms with Crippen LogP contribution in [0.15, 0.2) is 30.6 Å². The molecule has 0 fully saturated rings. The third-order valence-electron chi connectivity index (χ3n) is 3.97. The number of carbonyl (C=O) groups excluding carboxylic acids is 1. The number of hydrogen-bond acceptors (Lipinski definition) is 3. The molecule has 0 atom stereocenters. The first kappa shape index (κ1) is 16.6. The summed E-state index contributed by atoms with van der Waals surface area (Å²) in [6.45, 7) is 11.1. The fourth-order valence-electron chi connectivity index (χ4n) is 3.16. The second-order valence-electron chi connectivity index (χ2n) is 8.10. The van der Waals surface area contributed by atoms with Crippen LogP contribution < -0.4 is 0 Å². The molecule has 0 unspecified atom stereocenters. The summed E-state index contributed by atoms with van der Waals surface area (Å²) in [6, 6.07) is 3.98. The summed E-state index contributed by atoms with van der Waals surface area (Å²) in [5, 5.41) is 1.07. The van der Waals surface area contributed by atoms with E-state index < -0.39 is 5.60 Å². The van der Waals surface area contributed by atoms with Crippen LogP contribution in [0, 0.1) is 5.41 Å². The average Bonchev–Trinajstić information content (AvgIpc) is 2.87. The molecule has 1 N–H and O–H groups in total. The summed E-state index contributed by atoms with van der Waals surface area (Å²) in [5.74, 6) is 0. The standard InChI is InChI=1S/C19H25N3O2/c1-18(2,3)24-17(23)22-11-13(9-19(4,5)12-22)15-10-21-16-14(15)7-6-8-20-16/h6-10H,11-12H2,1-5H3,(H,20,21). The number of ether oxygens (including phenoxy) is 1. The number of amides is 1. The van der Waals surface area contributed by atoms with Gasteiger partial charge in [0.1, 0.15) is 11.2 Å². The Balaban J connectivity index is 1.93. The lowest BCUT2D eigenvalue weighted by molar-refractivity contribution is 0.0219. The third kappa shape index (κ3) is 3.45. The first-order chi connectivity index (χ1) is 11.1. The Kier molecular flexibility index (Phi) is 3.90. The molecule has 0 aromatic carbocycles. The molecule has 2 aromatic heterocycles. The van der Waals surface area contributed by atoms with Gasteiger partial charge in [0, 0.05) is 41.8 Å². The van der Waals surface area contributed by atoms with Crippen molar-refractivity contribution in [3.05, 3.63) is 36.2 Å². The Morgan fingerprint density at radius 3 is 2.83 bits per heavy atom. The molecular weight excluding hydrogens is 302 g/mol. The van der Waals surface area contributed by atoms with E-state index >= 15 is 0 Å². The molecule has 0 aliphatic carbocycles. The van der Waals surface area contributed by atoms with E-state index in [1.165, 1.54) is 0 Å². The monoisotopic (exact) mass is 327 g/mol. The smallest absolute Gasteiger partial charge is 0.410 e. The molecule has 0 spiro atoms. The molecule has 0 radical (unpaired) electrons. The summed E-state index contributed by atoms with van der Waals surface area (Å²) in [6.07, 6.45) is 5.73. The number of aromatic amines is 1. The van der Waals surface area contributed by atoms with E-state index in [9.17, 15) is 4.79 Å². The van der Waals surface area contributed by atoms with Gasteiger partial charge in [-0.2, -0.15) is 0 Å². The molecule has 0 saturated carbocycles. The molecule has 1 amide bonds. The highest BCUT2D eigenvalue weighted by molar-refractivity contribution is 5.92. The van der Waals surface area contributed by atoms with Crippen molar-refractivity contribution in [1.82, 2.24) is 14.9 Å². The van der Waals surface area contributed by atoms with E-state index in [0.29, 0.717) is 13.1 Å². The fourth-order valence-corrected chi connectivity index (χ4v) is 3.16. The number of pyridine rings is 1. The highest BCUT2D eigenvalue weighted by atomic mass is 16.6. The van der Waals surface area contributed by atoms with Crippen molar-refractivity contribution in [1.29, 1.82) is 0 Å². The van der Waals surface area contributed by atoms with Crippen LogP contribution in [0.5, 0.6) is 0 Å². The molecule has 5 nitrogen and oxygen atoms in total. The predicted octanol–water partition coefficient (Wildman–Crippen LogP) is 4.22. The Bertz CT molecular complexity index is 796. The van der Waals surface area contributed by atoms with Crippen LogP contribution in [0.2, 0.25) is 0 Å². The normalized spacial score (nSPS) is 17.7. The molecular formula is C19H25N3O2. The highest BCUT2D eigenvalue weighted by Gasteiger charge is 2.32. The van der Waals surface area contributed by atoms with Crippen molar-refractivity contribution in [2.75, 3.05) is 13.1 Å². The third-order valence-corrected chi connectivity index (χ3v) is 3.97. The van der Waals surface area contributed by atoms with Crippen molar-refractivity contribution in [2.45, 2.75) is 40.2 Å². The van der Waals surface area contributed by atoms with Gasteiger partial charge in [0.25, 0.3) is 0 Å². The van der Waals surface area contributed by atoms with Crippen LogP contribution in [-0.2, 0) is 4.74 Å². The summed E-state index contributed by atoms with van der Waals surface area (Å²) in [4.78, 5) is 21.9. The van der Waals surface area contributed by atoms with Gasteiger partial charge in [0.05, 0.1) is 0 Å². The predicted molar refractivity (Wildman–Crippen MR) is 95.7 cm³/mol. The van der Waals surface area contributed by atoms with E-state index in [2.05, 4.69) is 36.0 Å². The summed E-state index contributed by atoms with van der Waals surface area (Å²) >= 11 is 0. The zero-order valence-electron chi connectivity index (χ0n) is 15.0. The molecule has 0 bridgehead atoms. The molecule has 5 heteroatoms. The Morgan fingerprint density at radius 2 is 2.12 bits per heavy atom. The van der Waals surface area contributed by atoms with Gasteiger partial charge in [-0.3, -0.25) is 0 Å². The SMILES string of the molecule is CC1(C)C=C(c2c[nH]c3ncccc23)CN(C(=O)OC(C)(C)C)C1. The van der Waals surface area contributed by atoms with Crippen LogP contribution in [0.4, 0.5) is 4.79 Å². The molecule has 24 heavy (non-hydrogen) atoms. The number of aromatic nitrogens is 2. The van der Waals surface area contributed by atoms with Crippen molar-refractivity contribution in [3.8, 4) is 0 Å². The van der Waals surface area contributed by atoms with Gasteiger partial charge in [0.2, 0.25) is 0 Å². The van der Waals surface area contributed by atoms with Crippen molar-refractivity contribution in [3.63, 3.8) is 0 Å². The van der Waals surface area contributed by atoms with E-state index in [1.807, 2.05) is 33.0 Å². The van der Waals surface area contributed by atoms with Gasteiger partial charge in [-0.25, -0.2) is 9.78 Å². The maximum absolute atomic E-state index is 12.5. The largest absolute Gasteiger partial charge is 0.444 e. The number of H-pyrrole nitrogens is 1. The van der Waals surface area contributed by atoms with Gasteiger partial charge in [0.15, 0.2) is 0 Å². The van der Waals surface area contributed by atoms with E-state index in [-0.39, 0.29) is 11.5 Å². The maximum atomic E-state index is 12.5.